The van der Waals surface area contributed by atoms with Gasteiger partial charge in [-0.05, 0) is 43.7 Å². The van der Waals surface area contributed by atoms with Crippen LogP contribution < -0.4 is 5.32 Å². The molecule has 0 aromatic heterocycles. The molecule has 0 radical (unpaired) electrons. The summed E-state index contributed by atoms with van der Waals surface area (Å²) in [5.41, 5.74) is 0.151. The Morgan fingerprint density at radius 1 is 1.45 bits per heavy atom. The van der Waals surface area contributed by atoms with Gasteiger partial charge in [0, 0.05) is 12.6 Å². The third-order valence-electron chi connectivity index (χ3n) is 4.33. The van der Waals surface area contributed by atoms with Crippen molar-refractivity contribution < 1.29 is 9.50 Å². The molecular weight excluding hydrogens is 253 g/mol. The lowest BCUT2D eigenvalue weighted by Gasteiger charge is -2.36. The number of nitrogens with one attached hydrogen (secondary N) is 1. The molecule has 2 rings (SSSR count). The zero-order valence-corrected chi connectivity index (χ0v) is 12.5. The van der Waals surface area contributed by atoms with Crippen LogP contribution in [0.4, 0.5) is 4.39 Å². The second-order valence-electron chi connectivity index (χ2n) is 6.50. The second-order valence-corrected chi connectivity index (χ2v) is 6.50. The SMILES string of the molecule is CC1CCCC(O)(CNC(C)Cc2ccccc2F)C1. The van der Waals surface area contributed by atoms with Gasteiger partial charge in [-0.15, -0.1) is 0 Å². The van der Waals surface area contributed by atoms with E-state index in [9.17, 15) is 9.50 Å². The minimum atomic E-state index is -0.582. The molecule has 1 aromatic carbocycles. The molecule has 3 atom stereocenters. The van der Waals surface area contributed by atoms with E-state index in [-0.39, 0.29) is 11.9 Å². The summed E-state index contributed by atoms with van der Waals surface area (Å²) in [4.78, 5) is 0. The van der Waals surface area contributed by atoms with Gasteiger partial charge in [0.05, 0.1) is 5.60 Å². The molecule has 0 saturated heterocycles. The molecule has 0 spiro atoms. The summed E-state index contributed by atoms with van der Waals surface area (Å²) in [7, 11) is 0. The molecule has 0 heterocycles. The van der Waals surface area contributed by atoms with E-state index < -0.39 is 5.60 Å². The van der Waals surface area contributed by atoms with E-state index in [0.717, 1.165) is 24.8 Å². The van der Waals surface area contributed by atoms with Crippen LogP contribution in [0.1, 0.15) is 45.1 Å². The van der Waals surface area contributed by atoms with E-state index >= 15 is 0 Å². The van der Waals surface area contributed by atoms with E-state index in [1.54, 1.807) is 6.07 Å². The first kappa shape index (κ1) is 15.5. The third-order valence-corrected chi connectivity index (χ3v) is 4.33. The largest absolute Gasteiger partial charge is 0.389 e. The Morgan fingerprint density at radius 2 is 2.20 bits per heavy atom. The van der Waals surface area contributed by atoms with E-state index in [2.05, 4.69) is 12.2 Å². The Bertz CT molecular complexity index is 437. The fourth-order valence-corrected chi connectivity index (χ4v) is 3.22. The molecule has 3 heteroatoms. The molecule has 0 amide bonds. The van der Waals surface area contributed by atoms with E-state index in [4.69, 9.17) is 0 Å². The van der Waals surface area contributed by atoms with E-state index in [1.807, 2.05) is 19.1 Å². The van der Waals surface area contributed by atoms with Crippen LogP contribution in [0, 0.1) is 11.7 Å². The molecule has 2 N–H and O–H groups in total. The lowest BCUT2D eigenvalue weighted by Crippen LogP contribution is -2.46. The molecule has 2 nitrogen and oxygen atoms in total. The minimum Gasteiger partial charge on any atom is -0.389 e. The molecule has 0 bridgehead atoms. The predicted octanol–water partition coefficient (Wildman–Crippen LogP) is 3.29. The Balaban J connectivity index is 1.83. The molecule has 112 valence electrons. The molecule has 1 aliphatic carbocycles. The fourth-order valence-electron chi connectivity index (χ4n) is 3.22. The van der Waals surface area contributed by atoms with E-state index in [1.165, 1.54) is 12.5 Å². The molecule has 1 aromatic rings. The molecule has 1 fully saturated rings. The summed E-state index contributed by atoms with van der Waals surface area (Å²) in [5, 5.41) is 13.9. The van der Waals surface area contributed by atoms with Gasteiger partial charge >= 0.3 is 0 Å². The van der Waals surface area contributed by atoms with Crippen LogP contribution in [0.2, 0.25) is 0 Å². The highest BCUT2D eigenvalue weighted by Crippen LogP contribution is 2.31. The Hall–Kier alpha value is -0.930. The normalized spacial score (nSPS) is 28.3. The summed E-state index contributed by atoms with van der Waals surface area (Å²) >= 11 is 0. The smallest absolute Gasteiger partial charge is 0.126 e. The van der Waals surface area contributed by atoms with Gasteiger partial charge in [0.1, 0.15) is 5.82 Å². The van der Waals surface area contributed by atoms with Crippen molar-refractivity contribution in [2.75, 3.05) is 6.54 Å². The van der Waals surface area contributed by atoms with Gasteiger partial charge in [-0.3, -0.25) is 0 Å². The standard InChI is InChI=1S/C17H26FNO/c1-13-6-5-9-17(20,11-13)12-19-14(2)10-15-7-3-4-8-16(15)18/h3-4,7-8,13-14,19-20H,5-6,9-12H2,1-2H3. The monoisotopic (exact) mass is 279 g/mol. The first-order chi connectivity index (χ1) is 9.48. The fraction of sp³-hybridized carbons (Fsp3) is 0.647. The topological polar surface area (TPSA) is 32.3 Å². The average Bonchev–Trinajstić information content (AvgIpc) is 2.39. The van der Waals surface area contributed by atoms with Gasteiger partial charge in [-0.2, -0.15) is 0 Å². The first-order valence-electron chi connectivity index (χ1n) is 7.68. The van der Waals surface area contributed by atoms with Crippen molar-refractivity contribution in [3.05, 3.63) is 35.6 Å². The summed E-state index contributed by atoms with van der Waals surface area (Å²) in [6.45, 7) is 4.85. The van der Waals surface area contributed by atoms with Crippen molar-refractivity contribution >= 4 is 0 Å². The Labute approximate surface area is 121 Å². The molecule has 0 aliphatic heterocycles. The van der Waals surface area contributed by atoms with Crippen LogP contribution in [0.15, 0.2) is 24.3 Å². The van der Waals surface area contributed by atoms with Crippen molar-refractivity contribution in [3.8, 4) is 0 Å². The van der Waals surface area contributed by atoms with Crippen molar-refractivity contribution in [1.29, 1.82) is 0 Å². The number of rotatable bonds is 5. The average molecular weight is 279 g/mol. The van der Waals surface area contributed by atoms with Crippen molar-refractivity contribution in [1.82, 2.24) is 5.32 Å². The van der Waals surface area contributed by atoms with Crippen LogP contribution in [0.5, 0.6) is 0 Å². The minimum absolute atomic E-state index is 0.147. The van der Waals surface area contributed by atoms with Crippen LogP contribution in [-0.4, -0.2) is 23.3 Å². The summed E-state index contributed by atoms with van der Waals surface area (Å²) in [6.07, 6.45) is 4.70. The van der Waals surface area contributed by atoms with Crippen molar-refractivity contribution in [2.24, 2.45) is 5.92 Å². The molecular formula is C17H26FNO. The van der Waals surface area contributed by atoms with Gasteiger partial charge in [0.15, 0.2) is 0 Å². The maximum atomic E-state index is 13.6. The maximum Gasteiger partial charge on any atom is 0.126 e. The zero-order chi connectivity index (χ0) is 14.6. The van der Waals surface area contributed by atoms with Gasteiger partial charge in [-0.25, -0.2) is 4.39 Å². The van der Waals surface area contributed by atoms with Crippen molar-refractivity contribution in [3.63, 3.8) is 0 Å². The van der Waals surface area contributed by atoms with Gasteiger partial charge in [0.2, 0.25) is 0 Å². The summed E-state index contributed by atoms with van der Waals surface area (Å²) in [6, 6.07) is 7.06. The van der Waals surface area contributed by atoms with Gasteiger partial charge in [-0.1, -0.05) is 38.0 Å². The second kappa shape index (κ2) is 6.68. The number of aliphatic hydroxyl groups is 1. The van der Waals surface area contributed by atoms with Crippen LogP contribution in [-0.2, 0) is 6.42 Å². The number of halogens is 1. The highest BCUT2D eigenvalue weighted by atomic mass is 19.1. The molecule has 1 saturated carbocycles. The Kier molecular flexibility index (Phi) is 5.17. The van der Waals surface area contributed by atoms with Crippen LogP contribution in [0.3, 0.4) is 0 Å². The number of benzene rings is 1. The summed E-state index contributed by atoms with van der Waals surface area (Å²) < 4.78 is 13.6. The Morgan fingerprint density at radius 3 is 2.90 bits per heavy atom. The maximum absolute atomic E-state index is 13.6. The van der Waals surface area contributed by atoms with Crippen LogP contribution in [0.25, 0.3) is 0 Å². The predicted molar refractivity (Wildman–Crippen MR) is 80.2 cm³/mol. The quantitative estimate of drug-likeness (QED) is 0.867. The number of hydrogen-bond donors (Lipinski definition) is 2. The highest BCUT2D eigenvalue weighted by Gasteiger charge is 2.32. The first-order valence-corrected chi connectivity index (χ1v) is 7.68. The van der Waals surface area contributed by atoms with Gasteiger partial charge < -0.3 is 10.4 Å². The van der Waals surface area contributed by atoms with E-state index in [0.29, 0.717) is 18.9 Å². The lowest BCUT2D eigenvalue weighted by molar-refractivity contribution is -0.0133. The molecule has 1 aliphatic rings. The lowest BCUT2D eigenvalue weighted by atomic mass is 9.79. The van der Waals surface area contributed by atoms with Crippen molar-refractivity contribution in [2.45, 2.75) is 57.6 Å². The third kappa shape index (κ3) is 4.29. The highest BCUT2D eigenvalue weighted by molar-refractivity contribution is 5.18. The number of hydrogen-bond acceptors (Lipinski definition) is 2. The zero-order valence-electron chi connectivity index (χ0n) is 12.5. The van der Waals surface area contributed by atoms with Crippen LogP contribution >= 0.6 is 0 Å². The molecule has 3 unspecified atom stereocenters. The summed E-state index contributed by atoms with van der Waals surface area (Å²) in [5.74, 6) is 0.448. The molecule has 20 heavy (non-hydrogen) atoms. The van der Waals surface area contributed by atoms with Gasteiger partial charge in [0.25, 0.3) is 0 Å².